The Kier molecular flexibility index (Phi) is 4.14. The van der Waals surface area contributed by atoms with Crippen LogP contribution >= 0.6 is 11.6 Å². The van der Waals surface area contributed by atoms with Crippen molar-refractivity contribution in [2.45, 2.75) is 6.04 Å². The van der Waals surface area contributed by atoms with Crippen molar-refractivity contribution in [3.63, 3.8) is 0 Å². The highest BCUT2D eigenvalue weighted by molar-refractivity contribution is 6.34. The molecule has 1 aromatic carbocycles. The third-order valence-electron chi connectivity index (χ3n) is 3.08. The molecule has 1 aliphatic heterocycles. The Morgan fingerprint density at radius 1 is 1.58 bits per heavy atom. The van der Waals surface area contributed by atoms with Gasteiger partial charge in [0.1, 0.15) is 0 Å². The average molecular weight is 286 g/mol. The molecule has 6 nitrogen and oxygen atoms in total. The van der Waals surface area contributed by atoms with Gasteiger partial charge in [-0.1, -0.05) is 11.6 Å². The summed E-state index contributed by atoms with van der Waals surface area (Å²) in [4.78, 5) is 13.4. The summed E-state index contributed by atoms with van der Waals surface area (Å²) in [6, 6.07) is 2.80. The fourth-order valence-corrected chi connectivity index (χ4v) is 2.54. The van der Waals surface area contributed by atoms with Crippen LogP contribution < -0.4 is 16.4 Å². The second-order valence-corrected chi connectivity index (χ2v) is 4.78. The third kappa shape index (κ3) is 2.75. The maximum atomic E-state index is 11.6. The number of anilines is 2. The molecule has 5 N–H and O–H groups in total. The van der Waals surface area contributed by atoms with E-state index in [4.69, 9.17) is 27.8 Å². The molecule has 1 heterocycles. The van der Waals surface area contributed by atoms with Crippen LogP contribution in [0.2, 0.25) is 5.02 Å². The molecule has 19 heavy (non-hydrogen) atoms. The van der Waals surface area contributed by atoms with Gasteiger partial charge in [-0.2, -0.15) is 0 Å². The molecule has 1 atom stereocenters. The number of morpholine rings is 1. The van der Waals surface area contributed by atoms with E-state index in [0.29, 0.717) is 36.2 Å². The predicted molar refractivity (Wildman–Crippen MR) is 73.4 cm³/mol. The number of amides is 1. The summed E-state index contributed by atoms with van der Waals surface area (Å²) < 4.78 is 5.30. The number of carbonyl (C=O) groups excluding carboxylic acids is 1. The molecular formula is C12H16ClN3O3. The van der Waals surface area contributed by atoms with Crippen molar-refractivity contribution in [1.29, 1.82) is 0 Å². The first-order valence-corrected chi connectivity index (χ1v) is 6.26. The number of carbonyl (C=O) groups is 1. The molecule has 7 heteroatoms. The molecule has 1 fully saturated rings. The minimum atomic E-state index is -0.604. The Bertz CT molecular complexity index is 495. The van der Waals surface area contributed by atoms with E-state index in [1.54, 1.807) is 6.07 Å². The van der Waals surface area contributed by atoms with E-state index in [9.17, 15) is 9.90 Å². The van der Waals surface area contributed by atoms with Crippen LogP contribution in [-0.2, 0) is 4.74 Å². The van der Waals surface area contributed by atoms with E-state index in [-0.39, 0.29) is 18.2 Å². The molecule has 0 aromatic heterocycles. The minimum Gasteiger partial charge on any atom is -0.399 e. The van der Waals surface area contributed by atoms with Gasteiger partial charge in [0.2, 0.25) is 0 Å². The first kappa shape index (κ1) is 13.9. The number of hydrogen-bond donors (Lipinski definition) is 3. The van der Waals surface area contributed by atoms with Crippen molar-refractivity contribution in [1.82, 2.24) is 0 Å². The highest BCUT2D eigenvalue weighted by Gasteiger charge is 2.27. The summed E-state index contributed by atoms with van der Waals surface area (Å²) in [6.45, 7) is 1.29. The van der Waals surface area contributed by atoms with Gasteiger partial charge in [-0.25, -0.2) is 0 Å². The number of nitrogens with two attached hydrogens (primary N) is 2. The normalized spacial score (nSPS) is 19.5. The van der Waals surface area contributed by atoms with Crippen LogP contribution in [0, 0.1) is 0 Å². The van der Waals surface area contributed by atoms with Crippen LogP contribution in [0.25, 0.3) is 0 Å². The van der Waals surface area contributed by atoms with Gasteiger partial charge in [-0.05, 0) is 12.1 Å². The summed E-state index contributed by atoms with van der Waals surface area (Å²) in [5.41, 5.74) is 12.2. The van der Waals surface area contributed by atoms with Gasteiger partial charge in [0.25, 0.3) is 5.91 Å². The van der Waals surface area contributed by atoms with Crippen LogP contribution in [0.15, 0.2) is 12.1 Å². The predicted octanol–water partition coefficient (Wildman–Crippen LogP) is 0.219. The molecule has 1 aromatic rings. The van der Waals surface area contributed by atoms with Crippen LogP contribution in [0.1, 0.15) is 10.4 Å². The highest BCUT2D eigenvalue weighted by Crippen LogP contribution is 2.34. The van der Waals surface area contributed by atoms with Gasteiger partial charge in [-0.3, -0.25) is 4.79 Å². The van der Waals surface area contributed by atoms with Gasteiger partial charge < -0.3 is 26.2 Å². The lowest BCUT2D eigenvalue weighted by Crippen LogP contribution is -2.48. The summed E-state index contributed by atoms with van der Waals surface area (Å²) in [6.07, 6.45) is 0. The SMILES string of the molecule is NC(=O)c1cc(N)cc(Cl)c1N1CCOCC1CO. The van der Waals surface area contributed by atoms with Crippen molar-refractivity contribution < 1.29 is 14.6 Å². The number of aliphatic hydroxyl groups excluding tert-OH is 1. The molecule has 1 unspecified atom stereocenters. The topological polar surface area (TPSA) is 102 Å². The van der Waals surface area contributed by atoms with E-state index in [1.165, 1.54) is 6.07 Å². The summed E-state index contributed by atoms with van der Waals surface area (Å²) in [5, 5.41) is 9.73. The van der Waals surface area contributed by atoms with Crippen LogP contribution in [0.4, 0.5) is 11.4 Å². The van der Waals surface area contributed by atoms with Crippen molar-refractivity contribution >= 4 is 28.9 Å². The van der Waals surface area contributed by atoms with Crippen molar-refractivity contribution in [2.75, 3.05) is 37.0 Å². The number of halogens is 1. The zero-order valence-electron chi connectivity index (χ0n) is 10.3. The summed E-state index contributed by atoms with van der Waals surface area (Å²) >= 11 is 6.18. The Balaban J connectivity index is 2.50. The van der Waals surface area contributed by atoms with Crippen LogP contribution in [0.5, 0.6) is 0 Å². The van der Waals surface area contributed by atoms with E-state index < -0.39 is 5.91 Å². The number of nitrogens with zero attached hydrogens (tertiary/aromatic N) is 1. The summed E-state index contributed by atoms with van der Waals surface area (Å²) in [5.74, 6) is -0.604. The first-order chi connectivity index (χ1) is 9.04. The molecule has 0 radical (unpaired) electrons. The Morgan fingerprint density at radius 3 is 2.95 bits per heavy atom. The Labute approximate surface area is 115 Å². The number of primary amides is 1. The van der Waals surface area contributed by atoms with Gasteiger partial charge in [0.05, 0.1) is 42.1 Å². The molecule has 1 saturated heterocycles. The molecule has 104 valence electrons. The monoisotopic (exact) mass is 285 g/mol. The minimum absolute atomic E-state index is 0.0983. The lowest BCUT2D eigenvalue weighted by atomic mass is 10.1. The number of hydrogen-bond acceptors (Lipinski definition) is 5. The molecule has 0 saturated carbocycles. The number of aliphatic hydroxyl groups is 1. The first-order valence-electron chi connectivity index (χ1n) is 5.88. The number of benzene rings is 1. The number of rotatable bonds is 3. The fourth-order valence-electron chi connectivity index (χ4n) is 2.20. The van der Waals surface area contributed by atoms with Gasteiger partial charge >= 0.3 is 0 Å². The number of ether oxygens (including phenoxy) is 1. The highest BCUT2D eigenvalue weighted by atomic mass is 35.5. The molecular weight excluding hydrogens is 270 g/mol. The zero-order chi connectivity index (χ0) is 14.0. The van der Waals surface area contributed by atoms with Crippen molar-refractivity contribution in [3.8, 4) is 0 Å². The van der Waals surface area contributed by atoms with E-state index >= 15 is 0 Å². The van der Waals surface area contributed by atoms with E-state index in [0.717, 1.165) is 0 Å². The molecule has 0 aliphatic carbocycles. The smallest absolute Gasteiger partial charge is 0.250 e. The Morgan fingerprint density at radius 2 is 2.32 bits per heavy atom. The summed E-state index contributed by atoms with van der Waals surface area (Å²) in [7, 11) is 0. The number of nitrogen functional groups attached to an aromatic ring is 1. The standard InChI is InChI=1S/C12H16ClN3O3/c13-10-4-7(14)3-9(12(15)18)11(10)16-1-2-19-6-8(16)5-17/h3-4,8,17H,1-2,5-6,14H2,(H2,15,18). The largest absolute Gasteiger partial charge is 0.399 e. The van der Waals surface area contributed by atoms with Crippen molar-refractivity contribution in [2.24, 2.45) is 5.73 Å². The second-order valence-electron chi connectivity index (χ2n) is 4.37. The van der Waals surface area contributed by atoms with Crippen LogP contribution in [-0.4, -0.2) is 43.4 Å². The lowest BCUT2D eigenvalue weighted by molar-refractivity contribution is 0.0724. The molecule has 0 bridgehead atoms. The Hall–Kier alpha value is -1.50. The average Bonchev–Trinajstić information content (AvgIpc) is 2.38. The zero-order valence-corrected chi connectivity index (χ0v) is 11.1. The van der Waals surface area contributed by atoms with E-state index in [2.05, 4.69) is 0 Å². The van der Waals surface area contributed by atoms with Crippen molar-refractivity contribution in [3.05, 3.63) is 22.7 Å². The lowest BCUT2D eigenvalue weighted by Gasteiger charge is -2.37. The van der Waals surface area contributed by atoms with Crippen LogP contribution in [0.3, 0.4) is 0 Å². The molecule has 1 amide bonds. The molecule has 0 spiro atoms. The second kappa shape index (κ2) is 5.64. The van der Waals surface area contributed by atoms with Gasteiger partial charge in [0.15, 0.2) is 0 Å². The van der Waals surface area contributed by atoms with Gasteiger partial charge in [0, 0.05) is 12.2 Å². The maximum absolute atomic E-state index is 11.6. The quantitative estimate of drug-likeness (QED) is 0.690. The molecule has 2 rings (SSSR count). The molecule has 1 aliphatic rings. The van der Waals surface area contributed by atoms with Gasteiger partial charge in [-0.15, -0.1) is 0 Å². The fraction of sp³-hybridized carbons (Fsp3) is 0.417. The maximum Gasteiger partial charge on any atom is 0.250 e. The third-order valence-corrected chi connectivity index (χ3v) is 3.36. The van der Waals surface area contributed by atoms with E-state index in [1.807, 2.05) is 4.90 Å².